The van der Waals surface area contributed by atoms with E-state index in [2.05, 4.69) is 5.92 Å². The molecule has 0 unspecified atom stereocenters. The molecular weight excluding hydrogens is 239 g/mol. The molecule has 0 saturated heterocycles. The van der Waals surface area contributed by atoms with Crippen LogP contribution >= 0.6 is 0 Å². The maximum atomic E-state index is 13.1. The minimum Gasteiger partial charge on any atom is -0.190 e. The van der Waals surface area contributed by atoms with Crippen LogP contribution in [0.25, 0.3) is 0 Å². The zero-order valence-electron chi connectivity index (χ0n) is 10.0. The molecule has 0 rings (SSSR count). The van der Waals surface area contributed by atoms with E-state index in [0.29, 0.717) is 12.8 Å². The highest BCUT2D eigenvalue weighted by molar-refractivity contribution is 5.39. The van der Waals surface area contributed by atoms with E-state index in [1.165, 1.54) is 13.8 Å². The predicted molar refractivity (Wildman–Crippen MR) is 56.7 cm³/mol. The molecule has 0 aromatic rings. The highest BCUT2D eigenvalue weighted by atomic mass is 19.4. The standard InChI is InChI=1S/C12H15F5/c1-4-5-6-7-8-10(9(2)3)11(13,14)12(15,16)17/h4-6H2,1-3H3. The Hall–Kier alpha value is -1.05. The predicted octanol–water partition coefficient (Wildman–Crippen LogP) is 4.71. The summed E-state index contributed by atoms with van der Waals surface area (Å²) < 4.78 is 62.6. The molecule has 0 aromatic carbocycles. The number of halogens is 5. The lowest BCUT2D eigenvalue weighted by Gasteiger charge is -2.20. The Morgan fingerprint density at radius 1 is 1.06 bits per heavy atom. The molecule has 0 aliphatic rings. The van der Waals surface area contributed by atoms with Crippen molar-refractivity contribution >= 4 is 0 Å². The lowest BCUT2D eigenvalue weighted by Crippen LogP contribution is -2.38. The first-order valence-electron chi connectivity index (χ1n) is 5.26. The zero-order chi connectivity index (χ0) is 13.7. The molecule has 0 aliphatic carbocycles. The van der Waals surface area contributed by atoms with Crippen LogP contribution in [0.3, 0.4) is 0 Å². The Bertz CT molecular complexity index is 334. The Morgan fingerprint density at radius 3 is 1.94 bits per heavy atom. The number of rotatable bonds is 3. The molecule has 0 spiro atoms. The zero-order valence-corrected chi connectivity index (χ0v) is 10.0. The third-order valence-electron chi connectivity index (χ3n) is 2.04. The lowest BCUT2D eigenvalue weighted by atomic mass is 10.0. The summed E-state index contributed by atoms with van der Waals surface area (Å²) in [5.74, 6) is -0.551. The summed E-state index contributed by atoms with van der Waals surface area (Å²) >= 11 is 0. The first-order valence-corrected chi connectivity index (χ1v) is 5.26. The van der Waals surface area contributed by atoms with Crippen LogP contribution in [0.5, 0.6) is 0 Å². The first kappa shape index (κ1) is 16.0. The highest BCUT2D eigenvalue weighted by Crippen LogP contribution is 2.41. The second-order valence-corrected chi connectivity index (χ2v) is 3.85. The van der Waals surface area contributed by atoms with E-state index in [1.54, 1.807) is 0 Å². The van der Waals surface area contributed by atoms with Crippen LogP contribution in [0.1, 0.15) is 40.0 Å². The van der Waals surface area contributed by atoms with Crippen LogP contribution < -0.4 is 0 Å². The quantitative estimate of drug-likeness (QED) is 0.388. The van der Waals surface area contributed by atoms with Gasteiger partial charge in [-0.2, -0.15) is 22.0 Å². The fourth-order valence-corrected chi connectivity index (χ4v) is 1.08. The average molecular weight is 254 g/mol. The van der Waals surface area contributed by atoms with E-state index in [-0.39, 0.29) is 5.57 Å². The Kier molecular flexibility index (Phi) is 5.67. The van der Waals surface area contributed by atoms with Gasteiger partial charge in [-0.15, -0.1) is 0 Å². The molecule has 0 aliphatic heterocycles. The van der Waals surface area contributed by atoms with Gasteiger partial charge < -0.3 is 0 Å². The highest BCUT2D eigenvalue weighted by Gasteiger charge is 2.60. The SMILES string of the molecule is CCCCC#CC(=C(C)C)C(F)(F)C(F)(F)F. The van der Waals surface area contributed by atoms with E-state index < -0.39 is 17.7 Å². The molecule has 0 amide bonds. The van der Waals surface area contributed by atoms with Crippen LogP contribution in [0, 0.1) is 11.8 Å². The van der Waals surface area contributed by atoms with Gasteiger partial charge in [0.05, 0.1) is 5.57 Å². The van der Waals surface area contributed by atoms with Crippen LogP contribution in [-0.2, 0) is 0 Å². The van der Waals surface area contributed by atoms with Crippen molar-refractivity contribution in [1.29, 1.82) is 0 Å². The van der Waals surface area contributed by atoms with Gasteiger partial charge in [0.1, 0.15) is 0 Å². The fraction of sp³-hybridized carbons (Fsp3) is 0.667. The van der Waals surface area contributed by atoms with Crippen molar-refractivity contribution in [2.45, 2.75) is 52.1 Å². The van der Waals surface area contributed by atoms with Crippen LogP contribution in [0.2, 0.25) is 0 Å². The molecule has 0 bridgehead atoms. The Balaban J connectivity index is 5.14. The number of hydrogen-bond acceptors (Lipinski definition) is 0. The topological polar surface area (TPSA) is 0 Å². The van der Waals surface area contributed by atoms with Crippen LogP contribution in [0.4, 0.5) is 22.0 Å². The van der Waals surface area contributed by atoms with Gasteiger partial charge in [-0.25, -0.2) is 0 Å². The average Bonchev–Trinajstić information content (AvgIpc) is 2.14. The molecule has 0 nitrogen and oxygen atoms in total. The van der Waals surface area contributed by atoms with E-state index in [4.69, 9.17) is 0 Å². The fourth-order valence-electron chi connectivity index (χ4n) is 1.08. The maximum Gasteiger partial charge on any atom is 0.458 e. The Labute approximate surface area is 97.9 Å². The van der Waals surface area contributed by atoms with Crippen molar-refractivity contribution in [3.63, 3.8) is 0 Å². The third kappa shape index (κ3) is 4.37. The van der Waals surface area contributed by atoms with E-state index in [0.717, 1.165) is 6.42 Å². The minimum atomic E-state index is -5.60. The van der Waals surface area contributed by atoms with Crippen LogP contribution in [-0.4, -0.2) is 12.1 Å². The van der Waals surface area contributed by atoms with E-state index in [1.807, 2.05) is 12.8 Å². The van der Waals surface area contributed by atoms with Crippen molar-refractivity contribution in [1.82, 2.24) is 0 Å². The summed E-state index contributed by atoms with van der Waals surface area (Å²) in [4.78, 5) is 0. The lowest BCUT2D eigenvalue weighted by molar-refractivity contribution is -0.262. The summed E-state index contributed by atoms with van der Waals surface area (Å²) in [5, 5.41) is 0. The van der Waals surface area contributed by atoms with Crippen molar-refractivity contribution in [2.75, 3.05) is 0 Å². The van der Waals surface area contributed by atoms with Crippen molar-refractivity contribution in [2.24, 2.45) is 0 Å². The first-order chi connectivity index (χ1) is 7.64. The van der Waals surface area contributed by atoms with Gasteiger partial charge in [0.25, 0.3) is 0 Å². The minimum absolute atomic E-state index is 0.115. The van der Waals surface area contributed by atoms with Gasteiger partial charge in [-0.1, -0.05) is 30.8 Å². The van der Waals surface area contributed by atoms with Gasteiger partial charge >= 0.3 is 12.1 Å². The molecule has 0 aromatic heterocycles. The smallest absolute Gasteiger partial charge is 0.190 e. The molecule has 5 heteroatoms. The third-order valence-corrected chi connectivity index (χ3v) is 2.04. The molecule has 0 atom stereocenters. The molecular formula is C12H15F5. The second kappa shape index (κ2) is 6.04. The van der Waals surface area contributed by atoms with Gasteiger partial charge in [0.2, 0.25) is 0 Å². The summed E-state index contributed by atoms with van der Waals surface area (Å²) in [7, 11) is 0. The van der Waals surface area contributed by atoms with Gasteiger partial charge in [-0.05, 0) is 20.3 Å². The summed E-state index contributed by atoms with van der Waals surface area (Å²) in [6.07, 6.45) is -3.78. The van der Waals surface area contributed by atoms with Crippen molar-refractivity contribution in [3.05, 3.63) is 11.1 Å². The number of unbranched alkanes of at least 4 members (excludes halogenated alkanes) is 2. The monoisotopic (exact) mass is 254 g/mol. The molecule has 0 radical (unpaired) electrons. The Morgan fingerprint density at radius 2 is 1.59 bits per heavy atom. The summed E-state index contributed by atoms with van der Waals surface area (Å²) in [6.45, 7) is 4.28. The number of alkyl halides is 5. The van der Waals surface area contributed by atoms with Gasteiger partial charge in [0.15, 0.2) is 0 Å². The molecule has 98 valence electrons. The van der Waals surface area contributed by atoms with Crippen molar-refractivity contribution in [3.8, 4) is 11.8 Å². The molecule has 0 N–H and O–H groups in total. The second-order valence-electron chi connectivity index (χ2n) is 3.85. The van der Waals surface area contributed by atoms with Gasteiger partial charge in [0, 0.05) is 6.42 Å². The van der Waals surface area contributed by atoms with E-state index in [9.17, 15) is 22.0 Å². The summed E-state index contributed by atoms with van der Waals surface area (Å²) in [6, 6.07) is 0. The number of allylic oxidation sites excluding steroid dienone is 2. The molecule has 17 heavy (non-hydrogen) atoms. The molecule has 0 heterocycles. The normalized spacial score (nSPS) is 11.8. The number of hydrogen-bond donors (Lipinski definition) is 0. The van der Waals surface area contributed by atoms with Crippen molar-refractivity contribution < 1.29 is 22.0 Å². The largest absolute Gasteiger partial charge is 0.458 e. The molecule has 0 fully saturated rings. The van der Waals surface area contributed by atoms with Crippen LogP contribution in [0.15, 0.2) is 11.1 Å². The summed E-state index contributed by atoms with van der Waals surface area (Å²) in [5.41, 5.74) is -1.25. The molecule has 0 saturated carbocycles. The van der Waals surface area contributed by atoms with Gasteiger partial charge in [-0.3, -0.25) is 0 Å². The maximum absolute atomic E-state index is 13.1. The van der Waals surface area contributed by atoms with E-state index >= 15 is 0 Å².